The standard InChI is InChI=1S/C11H13N3O6/c1-20-9-3-7(2-8(4-9)14(18)19)12-5-10(15)13-6-11(16)17/h2-4,12H,5-6H2,1H3,(H,13,15)(H,16,17). The number of nitro groups is 1. The van der Waals surface area contributed by atoms with Gasteiger partial charge in [0, 0.05) is 17.8 Å². The highest BCUT2D eigenvalue weighted by molar-refractivity contribution is 5.84. The molecule has 0 aromatic heterocycles. The Morgan fingerprint density at radius 1 is 1.35 bits per heavy atom. The maximum Gasteiger partial charge on any atom is 0.322 e. The summed E-state index contributed by atoms with van der Waals surface area (Å²) >= 11 is 0. The third-order valence-corrected chi connectivity index (χ3v) is 2.23. The second-order valence-corrected chi connectivity index (χ2v) is 3.70. The molecule has 3 N–H and O–H groups in total. The Bertz CT molecular complexity index is 531. The van der Waals surface area contributed by atoms with Crippen molar-refractivity contribution in [1.82, 2.24) is 5.32 Å². The number of carbonyl (C=O) groups excluding carboxylic acids is 1. The fraction of sp³-hybridized carbons (Fsp3) is 0.273. The molecule has 0 saturated carbocycles. The van der Waals surface area contributed by atoms with Gasteiger partial charge in [-0.25, -0.2) is 0 Å². The van der Waals surface area contributed by atoms with Crippen molar-refractivity contribution in [1.29, 1.82) is 0 Å². The molecular weight excluding hydrogens is 270 g/mol. The number of carbonyl (C=O) groups is 2. The van der Waals surface area contributed by atoms with E-state index in [9.17, 15) is 19.7 Å². The van der Waals surface area contributed by atoms with Crippen LogP contribution in [0.25, 0.3) is 0 Å². The van der Waals surface area contributed by atoms with Gasteiger partial charge >= 0.3 is 5.97 Å². The molecule has 108 valence electrons. The Hall–Kier alpha value is -2.84. The number of ether oxygens (including phenoxy) is 1. The molecule has 1 aromatic carbocycles. The molecule has 0 aliphatic carbocycles. The topological polar surface area (TPSA) is 131 Å². The molecule has 9 nitrogen and oxygen atoms in total. The van der Waals surface area contributed by atoms with Gasteiger partial charge in [-0.3, -0.25) is 19.7 Å². The predicted octanol–water partition coefficient (Wildman–Crippen LogP) is 0.216. The molecule has 0 heterocycles. The lowest BCUT2D eigenvalue weighted by molar-refractivity contribution is -0.384. The SMILES string of the molecule is COc1cc(NCC(=O)NCC(=O)O)cc([N+](=O)[O-])c1. The first-order chi connectivity index (χ1) is 9.42. The van der Waals surface area contributed by atoms with Crippen LogP contribution >= 0.6 is 0 Å². The van der Waals surface area contributed by atoms with Gasteiger partial charge in [-0.15, -0.1) is 0 Å². The lowest BCUT2D eigenvalue weighted by Crippen LogP contribution is -2.33. The van der Waals surface area contributed by atoms with Crippen LogP contribution in [0.4, 0.5) is 11.4 Å². The summed E-state index contributed by atoms with van der Waals surface area (Å²) in [5.41, 5.74) is 0.138. The minimum atomic E-state index is -1.16. The lowest BCUT2D eigenvalue weighted by atomic mass is 10.2. The van der Waals surface area contributed by atoms with Gasteiger partial charge in [-0.1, -0.05) is 0 Å². The molecule has 0 bridgehead atoms. The van der Waals surface area contributed by atoms with E-state index in [1.165, 1.54) is 25.3 Å². The van der Waals surface area contributed by atoms with E-state index in [-0.39, 0.29) is 18.0 Å². The van der Waals surface area contributed by atoms with Gasteiger partial charge in [0.2, 0.25) is 5.91 Å². The fourth-order valence-corrected chi connectivity index (χ4v) is 1.33. The van der Waals surface area contributed by atoms with Crippen LogP contribution in [0.15, 0.2) is 18.2 Å². The number of anilines is 1. The molecule has 0 aliphatic rings. The summed E-state index contributed by atoms with van der Waals surface area (Å²) in [6.07, 6.45) is 0. The Morgan fingerprint density at radius 3 is 2.60 bits per heavy atom. The summed E-state index contributed by atoms with van der Waals surface area (Å²) in [5.74, 6) is -1.43. The Balaban J connectivity index is 2.67. The van der Waals surface area contributed by atoms with E-state index in [2.05, 4.69) is 10.6 Å². The summed E-state index contributed by atoms with van der Waals surface area (Å²) in [5, 5.41) is 23.9. The van der Waals surface area contributed by atoms with Gasteiger partial charge in [-0.05, 0) is 0 Å². The monoisotopic (exact) mass is 283 g/mol. The number of aliphatic carboxylic acids is 1. The normalized spacial score (nSPS) is 9.65. The maximum absolute atomic E-state index is 11.3. The van der Waals surface area contributed by atoms with Crippen LogP contribution in [0, 0.1) is 10.1 Å². The second-order valence-electron chi connectivity index (χ2n) is 3.70. The van der Waals surface area contributed by atoms with Crippen LogP contribution in [-0.4, -0.2) is 42.1 Å². The number of amides is 1. The van der Waals surface area contributed by atoms with Gasteiger partial charge in [0.05, 0.1) is 24.6 Å². The number of methoxy groups -OCH3 is 1. The molecule has 20 heavy (non-hydrogen) atoms. The third kappa shape index (κ3) is 4.80. The highest BCUT2D eigenvalue weighted by atomic mass is 16.6. The number of nitrogens with zero attached hydrogens (tertiary/aromatic N) is 1. The molecular formula is C11H13N3O6. The van der Waals surface area contributed by atoms with Crippen LogP contribution in [0.3, 0.4) is 0 Å². The quantitative estimate of drug-likeness (QED) is 0.481. The highest BCUT2D eigenvalue weighted by Gasteiger charge is 2.11. The minimum absolute atomic E-state index is 0.183. The molecule has 0 spiro atoms. The molecule has 0 aliphatic heterocycles. The molecule has 1 amide bonds. The van der Waals surface area contributed by atoms with E-state index in [1.807, 2.05) is 0 Å². The van der Waals surface area contributed by atoms with Gasteiger partial charge < -0.3 is 20.5 Å². The molecule has 1 rings (SSSR count). The van der Waals surface area contributed by atoms with E-state index in [0.717, 1.165) is 0 Å². The van der Waals surface area contributed by atoms with Crippen LogP contribution in [-0.2, 0) is 9.59 Å². The van der Waals surface area contributed by atoms with Crippen molar-refractivity contribution >= 4 is 23.3 Å². The maximum atomic E-state index is 11.3. The Labute approximate surface area is 113 Å². The second kappa shape index (κ2) is 6.92. The van der Waals surface area contributed by atoms with E-state index < -0.39 is 23.3 Å². The van der Waals surface area contributed by atoms with Crippen molar-refractivity contribution in [2.45, 2.75) is 0 Å². The van der Waals surface area contributed by atoms with Crippen molar-refractivity contribution in [3.8, 4) is 5.75 Å². The van der Waals surface area contributed by atoms with Gasteiger partial charge in [0.1, 0.15) is 12.3 Å². The molecule has 1 aromatic rings. The fourth-order valence-electron chi connectivity index (χ4n) is 1.33. The van der Waals surface area contributed by atoms with Crippen molar-refractivity contribution < 1.29 is 24.4 Å². The van der Waals surface area contributed by atoms with Gasteiger partial charge in [0.25, 0.3) is 5.69 Å². The van der Waals surface area contributed by atoms with Crippen LogP contribution in [0.5, 0.6) is 5.75 Å². The summed E-state index contributed by atoms with van der Waals surface area (Å²) in [6, 6.07) is 3.97. The number of hydrogen-bond donors (Lipinski definition) is 3. The number of hydrogen-bond acceptors (Lipinski definition) is 6. The first kappa shape index (κ1) is 15.2. The molecule has 0 fully saturated rings. The number of carboxylic acids is 1. The van der Waals surface area contributed by atoms with Crippen molar-refractivity contribution in [3.05, 3.63) is 28.3 Å². The van der Waals surface area contributed by atoms with Crippen molar-refractivity contribution in [3.63, 3.8) is 0 Å². The zero-order chi connectivity index (χ0) is 15.1. The highest BCUT2D eigenvalue weighted by Crippen LogP contribution is 2.25. The number of non-ortho nitro benzene ring substituents is 1. The molecule has 0 unspecified atom stereocenters. The smallest absolute Gasteiger partial charge is 0.322 e. The Kier molecular flexibility index (Phi) is 5.27. The average molecular weight is 283 g/mol. The van der Waals surface area contributed by atoms with E-state index in [0.29, 0.717) is 5.69 Å². The number of nitro benzene ring substituents is 1. The zero-order valence-corrected chi connectivity index (χ0v) is 10.6. The van der Waals surface area contributed by atoms with Crippen LogP contribution in [0.2, 0.25) is 0 Å². The summed E-state index contributed by atoms with van der Waals surface area (Å²) < 4.78 is 4.91. The minimum Gasteiger partial charge on any atom is -0.496 e. The number of rotatable bonds is 7. The number of benzene rings is 1. The van der Waals surface area contributed by atoms with Crippen molar-refractivity contribution in [2.24, 2.45) is 0 Å². The van der Waals surface area contributed by atoms with Crippen LogP contribution < -0.4 is 15.4 Å². The number of nitrogens with one attached hydrogen (secondary N) is 2. The summed E-state index contributed by atoms with van der Waals surface area (Å²) in [4.78, 5) is 31.7. The Morgan fingerprint density at radius 2 is 2.05 bits per heavy atom. The predicted molar refractivity (Wildman–Crippen MR) is 68.8 cm³/mol. The molecule has 9 heteroatoms. The largest absolute Gasteiger partial charge is 0.496 e. The molecule has 0 radical (unpaired) electrons. The van der Waals surface area contributed by atoms with E-state index in [4.69, 9.17) is 9.84 Å². The zero-order valence-electron chi connectivity index (χ0n) is 10.6. The molecule has 0 atom stereocenters. The number of carboxylic acid groups (broad SMARTS) is 1. The van der Waals surface area contributed by atoms with Gasteiger partial charge in [0.15, 0.2) is 0 Å². The van der Waals surface area contributed by atoms with Gasteiger partial charge in [-0.2, -0.15) is 0 Å². The van der Waals surface area contributed by atoms with Crippen LogP contribution in [0.1, 0.15) is 0 Å². The summed E-state index contributed by atoms with van der Waals surface area (Å²) in [6.45, 7) is -0.698. The summed E-state index contributed by atoms with van der Waals surface area (Å²) in [7, 11) is 1.36. The lowest BCUT2D eigenvalue weighted by Gasteiger charge is -2.08. The van der Waals surface area contributed by atoms with E-state index >= 15 is 0 Å². The first-order valence-electron chi connectivity index (χ1n) is 5.48. The molecule has 0 saturated heterocycles. The first-order valence-corrected chi connectivity index (χ1v) is 5.48. The van der Waals surface area contributed by atoms with Crippen molar-refractivity contribution in [2.75, 3.05) is 25.5 Å². The average Bonchev–Trinajstić information content (AvgIpc) is 2.42. The van der Waals surface area contributed by atoms with E-state index in [1.54, 1.807) is 0 Å². The third-order valence-electron chi connectivity index (χ3n) is 2.23.